The highest BCUT2D eigenvalue weighted by Gasteiger charge is 2.37. The van der Waals surface area contributed by atoms with Crippen LogP contribution in [0.2, 0.25) is 0 Å². The van der Waals surface area contributed by atoms with Gasteiger partial charge in [-0.2, -0.15) is 0 Å². The van der Waals surface area contributed by atoms with Gasteiger partial charge in [0.15, 0.2) is 0 Å². The molecule has 0 bridgehead atoms. The van der Waals surface area contributed by atoms with Gasteiger partial charge < -0.3 is 15.3 Å². The van der Waals surface area contributed by atoms with Gasteiger partial charge in [0, 0.05) is 30.4 Å². The van der Waals surface area contributed by atoms with Crippen molar-refractivity contribution in [2.24, 2.45) is 5.41 Å². The number of anilines is 1. The zero-order chi connectivity index (χ0) is 33.3. The Morgan fingerprint density at radius 2 is 1.58 bits per heavy atom. The lowest BCUT2D eigenvalue weighted by molar-refractivity contribution is 0.0697. The minimum Gasteiger partial charge on any atom is -0.478 e. The van der Waals surface area contributed by atoms with Crippen molar-refractivity contribution < 1.29 is 14.7 Å². The molecule has 2 aliphatic rings. The van der Waals surface area contributed by atoms with E-state index in [0.717, 1.165) is 55.4 Å². The van der Waals surface area contributed by atoms with Crippen molar-refractivity contribution in [2.45, 2.75) is 51.9 Å². The first-order valence-corrected chi connectivity index (χ1v) is 16.9. The van der Waals surface area contributed by atoms with Crippen molar-refractivity contribution in [1.82, 2.24) is 9.88 Å². The Kier molecular flexibility index (Phi) is 8.57. The molecule has 8 rings (SSSR count). The first-order valence-electron chi connectivity index (χ1n) is 16.9. The number of aromatic nitrogens is 1. The van der Waals surface area contributed by atoms with E-state index < -0.39 is 5.97 Å². The molecule has 6 aromatic rings. The van der Waals surface area contributed by atoms with Gasteiger partial charge in [-0.05, 0) is 118 Å². The number of nitrogens with zero attached hydrogens (tertiary/aromatic N) is 2. The van der Waals surface area contributed by atoms with Gasteiger partial charge in [0.2, 0.25) is 0 Å². The van der Waals surface area contributed by atoms with Crippen molar-refractivity contribution in [2.75, 3.05) is 18.4 Å². The van der Waals surface area contributed by atoms with Crippen LogP contribution in [-0.2, 0) is 12.8 Å². The maximum absolute atomic E-state index is 12.8. The van der Waals surface area contributed by atoms with Crippen molar-refractivity contribution >= 4 is 50.1 Å². The molecule has 1 aliphatic carbocycles. The van der Waals surface area contributed by atoms with E-state index in [2.05, 4.69) is 90.9 Å². The molecular weight excluding hydrogens is 594 g/mol. The SMILES string of the molecule is CC1(C)Cc2c(ccc3c2ccc2ccccc23)CC1c1cccc(NC(=O)N2CCCCC2)c1.O=C(O)c1ccc2ncccc2c1. The molecule has 2 N–H and O–H groups in total. The van der Waals surface area contributed by atoms with Crippen molar-refractivity contribution in [1.29, 1.82) is 0 Å². The fraction of sp³-hybridized carbons (Fsp3) is 0.262. The number of benzene rings is 5. The Morgan fingerprint density at radius 1 is 0.792 bits per heavy atom. The second-order valence-electron chi connectivity index (χ2n) is 13.8. The number of likely N-dealkylation sites (tertiary alicyclic amines) is 1. The van der Waals surface area contributed by atoms with E-state index in [0.29, 0.717) is 11.5 Å². The summed E-state index contributed by atoms with van der Waals surface area (Å²) in [6.45, 7) is 6.53. The normalized spacial score (nSPS) is 17.0. The molecule has 242 valence electrons. The summed E-state index contributed by atoms with van der Waals surface area (Å²) in [5.41, 5.74) is 6.40. The van der Waals surface area contributed by atoms with E-state index in [1.165, 1.54) is 44.7 Å². The molecule has 6 heteroatoms. The molecule has 2 heterocycles. The summed E-state index contributed by atoms with van der Waals surface area (Å²) in [4.78, 5) is 29.4. The smallest absolute Gasteiger partial charge is 0.335 e. The number of rotatable bonds is 3. The minimum absolute atomic E-state index is 0.0359. The van der Waals surface area contributed by atoms with E-state index in [4.69, 9.17) is 5.11 Å². The fourth-order valence-electron chi connectivity index (χ4n) is 7.58. The molecule has 0 radical (unpaired) electrons. The predicted octanol–water partition coefficient (Wildman–Crippen LogP) is 9.85. The van der Waals surface area contributed by atoms with E-state index in [9.17, 15) is 9.59 Å². The third kappa shape index (κ3) is 6.35. The fourth-order valence-corrected chi connectivity index (χ4v) is 7.58. The number of carbonyl (C=O) groups excluding carboxylic acids is 1. The topological polar surface area (TPSA) is 82.5 Å². The molecule has 6 nitrogen and oxygen atoms in total. The standard InChI is InChI=1S/C32H34N2O.C10H7NO2/c1-32(2)21-29-23(14-16-27-26-12-5-4-9-22(26)13-15-28(27)29)20-30(32)24-10-8-11-25(19-24)33-31(35)34-17-6-3-7-18-34;12-10(13)8-3-4-9-7(6-8)2-1-5-11-9/h4-5,8-16,19,30H,3,6-7,17-18,20-21H2,1-2H3,(H,33,35);1-6H,(H,12,13). The first-order chi connectivity index (χ1) is 23.3. The number of nitrogens with one attached hydrogen (secondary N) is 1. The first kappa shape index (κ1) is 31.4. The molecule has 0 spiro atoms. The summed E-state index contributed by atoms with van der Waals surface area (Å²) in [5, 5.41) is 18.1. The minimum atomic E-state index is -0.911. The van der Waals surface area contributed by atoms with Crippen LogP contribution >= 0.6 is 0 Å². The van der Waals surface area contributed by atoms with Crippen LogP contribution in [0, 0.1) is 5.41 Å². The second kappa shape index (κ2) is 13.1. The maximum Gasteiger partial charge on any atom is 0.335 e. The number of amides is 2. The lowest BCUT2D eigenvalue weighted by atomic mass is 9.63. The Labute approximate surface area is 281 Å². The molecule has 0 saturated carbocycles. The molecule has 1 atom stereocenters. The highest BCUT2D eigenvalue weighted by Crippen LogP contribution is 2.48. The second-order valence-corrected chi connectivity index (χ2v) is 13.8. The van der Waals surface area contributed by atoms with Gasteiger partial charge in [-0.1, -0.05) is 80.6 Å². The van der Waals surface area contributed by atoms with Crippen LogP contribution in [0.1, 0.15) is 66.1 Å². The summed E-state index contributed by atoms with van der Waals surface area (Å²) in [6, 6.07) is 35.1. The van der Waals surface area contributed by atoms with Crippen LogP contribution in [-0.4, -0.2) is 40.1 Å². The van der Waals surface area contributed by atoms with Gasteiger partial charge in [-0.25, -0.2) is 9.59 Å². The maximum atomic E-state index is 12.8. The number of carbonyl (C=O) groups is 2. The van der Waals surface area contributed by atoms with Gasteiger partial charge >= 0.3 is 12.0 Å². The predicted molar refractivity (Wildman–Crippen MR) is 195 cm³/mol. The molecule has 1 aromatic heterocycles. The number of piperidine rings is 1. The number of urea groups is 1. The third-order valence-corrected chi connectivity index (χ3v) is 10.2. The van der Waals surface area contributed by atoms with Crippen LogP contribution in [0.4, 0.5) is 10.5 Å². The van der Waals surface area contributed by atoms with Crippen LogP contribution < -0.4 is 5.32 Å². The average molecular weight is 636 g/mol. The Morgan fingerprint density at radius 3 is 2.42 bits per heavy atom. The van der Waals surface area contributed by atoms with Crippen molar-refractivity contribution in [3.8, 4) is 0 Å². The van der Waals surface area contributed by atoms with E-state index >= 15 is 0 Å². The summed E-state index contributed by atoms with van der Waals surface area (Å²) in [5.74, 6) is -0.509. The number of hydrogen-bond donors (Lipinski definition) is 2. The number of carboxylic acid groups (broad SMARTS) is 1. The van der Waals surface area contributed by atoms with E-state index in [-0.39, 0.29) is 11.4 Å². The Balaban J connectivity index is 0.000000235. The molecule has 2 amide bonds. The largest absolute Gasteiger partial charge is 0.478 e. The summed E-state index contributed by atoms with van der Waals surface area (Å²) < 4.78 is 0. The van der Waals surface area contributed by atoms with Gasteiger partial charge in [0.25, 0.3) is 0 Å². The zero-order valence-corrected chi connectivity index (χ0v) is 27.6. The molecule has 5 aromatic carbocycles. The van der Waals surface area contributed by atoms with Gasteiger partial charge in [-0.3, -0.25) is 4.98 Å². The molecule has 1 saturated heterocycles. The quantitative estimate of drug-likeness (QED) is 0.190. The van der Waals surface area contributed by atoms with Gasteiger partial charge in [0.05, 0.1) is 11.1 Å². The number of fused-ring (bicyclic) bond motifs is 6. The number of aromatic carboxylic acids is 1. The highest BCUT2D eigenvalue weighted by atomic mass is 16.4. The summed E-state index contributed by atoms with van der Waals surface area (Å²) in [6.07, 6.45) is 7.19. The average Bonchev–Trinajstić information content (AvgIpc) is 3.11. The van der Waals surface area contributed by atoms with Crippen LogP contribution in [0.5, 0.6) is 0 Å². The Bertz CT molecular complexity index is 2150. The Hall–Kier alpha value is -5.23. The van der Waals surface area contributed by atoms with Crippen molar-refractivity contribution in [3.05, 3.63) is 132 Å². The van der Waals surface area contributed by atoms with Crippen LogP contribution in [0.3, 0.4) is 0 Å². The monoisotopic (exact) mass is 635 g/mol. The molecule has 1 aliphatic heterocycles. The summed E-state index contributed by atoms with van der Waals surface area (Å²) >= 11 is 0. The number of pyridine rings is 1. The van der Waals surface area contributed by atoms with Crippen LogP contribution in [0.15, 0.2) is 109 Å². The zero-order valence-electron chi connectivity index (χ0n) is 27.6. The summed E-state index contributed by atoms with van der Waals surface area (Å²) in [7, 11) is 0. The molecule has 48 heavy (non-hydrogen) atoms. The number of hydrogen-bond acceptors (Lipinski definition) is 3. The molecule has 1 unspecified atom stereocenters. The van der Waals surface area contributed by atoms with Crippen LogP contribution in [0.25, 0.3) is 32.4 Å². The third-order valence-electron chi connectivity index (χ3n) is 10.2. The van der Waals surface area contributed by atoms with Gasteiger partial charge in [-0.15, -0.1) is 0 Å². The number of carboxylic acids is 1. The lowest BCUT2D eigenvalue weighted by Crippen LogP contribution is -2.38. The van der Waals surface area contributed by atoms with Crippen molar-refractivity contribution in [3.63, 3.8) is 0 Å². The van der Waals surface area contributed by atoms with Gasteiger partial charge in [0.1, 0.15) is 0 Å². The lowest BCUT2D eigenvalue weighted by Gasteiger charge is -2.41. The van der Waals surface area contributed by atoms with E-state index in [1.54, 1.807) is 30.5 Å². The molecular formula is C42H41N3O3. The van der Waals surface area contributed by atoms with E-state index in [1.807, 2.05) is 17.0 Å². The highest BCUT2D eigenvalue weighted by molar-refractivity contribution is 6.08. The molecule has 1 fully saturated rings.